The first-order valence-corrected chi connectivity index (χ1v) is 10.6. The van der Waals surface area contributed by atoms with Gasteiger partial charge in [0.25, 0.3) is 0 Å². The third kappa shape index (κ3) is 4.97. The SMILES string of the molecule is CCC[C@H]1CC[C@H](C2CC=C(CCc3ccc(C#N)c(F)c3)CC2)CC1. The largest absolute Gasteiger partial charge is 0.206 e. The molecule has 2 aliphatic rings. The Balaban J connectivity index is 1.45. The van der Waals surface area contributed by atoms with Gasteiger partial charge in [-0.25, -0.2) is 4.39 Å². The molecule has 1 fully saturated rings. The van der Waals surface area contributed by atoms with Crippen molar-refractivity contribution in [3.63, 3.8) is 0 Å². The number of hydrogen-bond acceptors (Lipinski definition) is 1. The monoisotopic (exact) mass is 353 g/mol. The third-order valence-corrected chi connectivity index (χ3v) is 6.69. The fourth-order valence-electron chi connectivity index (χ4n) is 5.03. The Morgan fingerprint density at radius 1 is 1.08 bits per heavy atom. The van der Waals surface area contributed by atoms with Crippen LogP contribution in [-0.2, 0) is 6.42 Å². The minimum atomic E-state index is -0.388. The highest BCUT2D eigenvalue weighted by Crippen LogP contribution is 2.41. The molecule has 26 heavy (non-hydrogen) atoms. The lowest BCUT2D eigenvalue weighted by molar-refractivity contribution is 0.186. The van der Waals surface area contributed by atoms with Crippen molar-refractivity contribution in [2.45, 2.75) is 77.6 Å². The zero-order valence-corrected chi connectivity index (χ0v) is 16.1. The predicted molar refractivity (Wildman–Crippen MR) is 105 cm³/mol. The Morgan fingerprint density at radius 3 is 2.50 bits per heavy atom. The van der Waals surface area contributed by atoms with Gasteiger partial charge in [0.05, 0.1) is 5.56 Å². The van der Waals surface area contributed by atoms with E-state index < -0.39 is 0 Å². The number of aryl methyl sites for hydroxylation is 1. The normalized spacial score (nSPS) is 26.2. The Bertz CT molecular complexity index is 661. The highest BCUT2D eigenvalue weighted by atomic mass is 19.1. The van der Waals surface area contributed by atoms with Gasteiger partial charge in [-0.1, -0.05) is 50.3 Å². The molecule has 0 saturated heterocycles. The Hall–Kier alpha value is -1.62. The molecule has 0 N–H and O–H groups in total. The summed E-state index contributed by atoms with van der Waals surface area (Å²) in [6.45, 7) is 2.31. The molecule has 1 saturated carbocycles. The lowest BCUT2D eigenvalue weighted by atomic mass is 9.70. The van der Waals surface area contributed by atoms with Gasteiger partial charge in [-0.3, -0.25) is 0 Å². The fraction of sp³-hybridized carbons (Fsp3) is 0.625. The lowest BCUT2D eigenvalue weighted by Crippen LogP contribution is -2.23. The van der Waals surface area contributed by atoms with Crippen LogP contribution in [0, 0.1) is 34.9 Å². The molecule has 0 radical (unpaired) electrons. The standard InChI is InChI=1S/C24H32FN/c1-2-3-18-6-11-21(12-7-18)22-13-8-19(9-14-22)4-5-20-10-15-23(17-26)24(25)16-20/h8,10,15-16,18,21-22H,2-7,9,11-14H2,1H3/t18-,21-,22?. The molecule has 2 heteroatoms. The first-order valence-electron chi connectivity index (χ1n) is 10.6. The average molecular weight is 354 g/mol. The lowest BCUT2D eigenvalue weighted by Gasteiger charge is -2.35. The van der Waals surface area contributed by atoms with Crippen molar-refractivity contribution in [2.75, 3.05) is 0 Å². The number of nitrogens with zero attached hydrogens (tertiary/aromatic N) is 1. The van der Waals surface area contributed by atoms with E-state index in [1.165, 1.54) is 63.9 Å². The predicted octanol–water partition coefficient (Wildman–Crippen LogP) is 6.96. The van der Waals surface area contributed by atoms with Crippen LogP contribution in [0.1, 0.15) is 82.3 Å². The summed E-state index contributed by atoms with van der Waals surface area (Å²) in [5, 5.41) is 8.82. The fourth-order valence-corrected chi connectivity index (χ4v) is 5.03. The summed E-state index contributed by atoms with van der Waals surface area (Å²) in [7, 11) is 0. The second-order valence-corrected chi connectivity index (χ2v) is 8.39. The van der Waals surface area contributed by atoms with Gasteiger partial charge in [-0.2, -0.15) is 5.26 Å². The molecule has 1 atom stereocenters. The molecule has 0 bridgehead atoms. The molecule has 0 aromatic heterocycles. The Kier molecular flexibility index (Phi) is 6.89. The second kappa shape index (κ2) is 9.36. The Morgan fingerprint density at radius 2 is 1.88 bits per heavy atom. The molecule has 1 aromatic carbocycles. The summed E-state index contributed by atoms with van der Waals surface area (Å²) in [5.41, 5.74) is 2.69. The van der Waals surface area contributed by atoms with Crippen LogP contribution >= 0.6 is 0 Å². The van der Waals surface area contributed by atoms with Gasteiger partial charge in [0.15, 0.2) is 0 Å². The summed E-state index contributed by atoms with van der Waals surface area (Å²) in [6.07, 6.45) is 16.8. The van der Waals surface area contributed by atoms with E-state index in [2.05, 4.69) is 13.0 Å². The van der Waals surface area contributed by atoms with Crippen molar-refractivity contribution in [3.8, 4) is 6.07 Å². The smallest absolute Gasteiger partial charge is 0.141 e. The van der Waals surface area contributed by atoms with Gasteiger partial charge in [0.2, 0.25) is 0 Å². The number of nitriles is 1. The van der Waals surface area contributed by atoms with Gasteiger partial charge in [0, 0.05) is 0 Å². The molecule has 0 aliphatic heterocycles. The summed E-state index contributed by atoms with van der Waals surface area (Å²) in [6, 6.07) is 6.91. The van der Waals surface area contributed by atoms with Crippen LogP contribution in [0.5, 0.6) is 0 Å². The zero-order valence-electron chi connectivity index (χ0n) is 16.1. The molecule has 1 unspecified atom stereocenters. The van der Waals surface area contributed by atoms with Crippen LogP contribution < -0.4 is 0 Å². The number of allylic oxidation sites excluding steroid dienone is 2. The minimum Gasteiger partial charge on any atom is -0.206 e. The van der Waals surface area contributed by atoms with Crippen LogP contribution in [0.3, 0.4) is 0 Å². The van der Waals surface area contributed by atoms with Gasteiger partial charge in [0.1, 0.15) is 11.9 Å². The minimum absolute atomic E-state index is 0.141. The maximum Gasteiger partial charge on any atom is 0.141 e. The van der Waals surface area contributed by atoms with E-state index >= 15 is 0 Å². The summed E-state index contributed by atoms with van der Waals surface area (Å²) >= 11 is 0. The number of benzene rings is 1. The van der Waals surface area contributed by atoms with Gasteiger partial charge in [-0.15, -0.1) is 0 Å². The van der Waals surface area contributed by atoms with E-state index in [0.29, 0.717) is 0 Å². The molecule has 0 amide bonds. The highest BCUT2D eigenvalue weighted by Gasteiger charge is 2.28. The Labute approximate surface area is 158 Å². The molecule has 0 heterocycles. The zero-order chi connectivity index (χ0) is 18.4. The van der Waals surface area contributed by atoms with Crippen LogP contribution in [0.15, 0.2) is 29.8 Å². The first kappa shape index (κ1) is 19.2. The van der Waals surface area contributed by atoms with Gasteiger partial charge < -0.3 is 0 Å². The van der Waals surface area contributed by atoms with Crippen molar-refractivity contribution in [1.29, 1.82) is 5.26 Å². The molecule has 2 aliphatic carbocycles. The number of halogens is 1. The molecule has 1 nitrogen and oxygen atoms in total. The molecule has 0 spiro atoms. The highest BCUT2D eigenvalue weighted by molar-refractivity contribution is 5.33. The maximum atomic E-state index is 13.7. The van der Waals surface area contributed by atoms with Crippen LogP contribution in [0.2, 0.25) is 0 Å². The second-order valence-electron chi connectivity index (χ2n) is 8.39. The number of rotatable bonds is 6. The van der Waals surface area contributed by atoms with Gasteiger partial charge >= 0.3 is 0 Å². The summed E-state index contributed by atoms with van der Waals surface area (Å²) in [4.78, 5) is 0. The van der Waals surface area contributed by atoms with Gasteiger partial charge in [-0.05, 0) is 80.4 Å². The molecule has 3 rings (SSSR count). The van der Waals surface area contributed by atoms with Crippen molar-refractivity contribution >= 4 is 0 Å². The van der Waals surface area contributed by atoms with E-state index in [4.69, 9.17) is 5.26 Å². The van der Waals surface area contributed by atoms with Crippen molar-refractivity contribution in [2.24, 2.45) is 17.8 Å². The maximum absolute atomic E-state index is 13.7. The van der Waals surface area contributed by atoms with E-state index in [1.54, 1.807) is 11.6 Å². The van der Waals surface area contributed by atoms with E-state index in [-0.39, 0.29) is 11.4 Å². The van der Waals surface area contributed by atoms with Crippen LogP contribution in [0.25, 0.3) is 0 Å². The molecular formula is C24H32FN. The number of hydrogen-bond donors (Lipinski definition) is 0. The summed E-state index contributed by atoms with van der Waals surface area (Å²) in [5.74, 6) is 2.46. The van der Waals surface area contributed by atoms with E-state index in [9.17, 15) is 4.39 Å². The summed E-state index contributed by atoms with van der Waals surface area (Å²) < 4.78 is 13.7. The molecule has 1 aromatic rings. The van der Waals surface area contributed by atoms with Crippen molar-refractivity contribution in [3.05, 3.63) is 46.8 Å². The third-order valence-electron chi connectivity index (χ3n) is 6.69. The quantitative estimate of drug-likeness (QED) is 0.507. The van der Waals surface area contributed by atoms with Crippen LogP contribution in [0.4, 0.5) is 4.39 Å². The molecular weight excluding hydrogens is 321 g/mol. The van der Waals surface area contributed by atoms with Crippen molar-refractivity contribution < 1.29 is 4.39 Å². The van der Waals surface area contributed by atoms with E-state index in [1.807, 2.05) is 12.1 Å². The first-order chi connectivity index (χ1) is 12.7. The topological polar surface area (TPSA) is 23.8 Å². The molecule has 140 valence electrons. The average Bonchev–Trinajstić information content (AvgIpc) is 2.68. The van der Waals surface area contributed by atoms with E-state index in [0.717, 1.165) is 36.2 Å². The van der Waals surface area contributed by atoms with Crippen LogP contribution in [-0.4, -0.2) is 0 Å². The van der Waals surface area contributed by atoms with Crippen molar-refractivity contribution in [1.82, 2.24) is 0 Å².